The molecule has 2 fully saturated rings. The zero-order valence-corrected chi connectivity index (χ0v) is 9.49. The molecule has 4 unspecified atom stereocenters. The Morgan fingerprint density at radius 2 is 2.00 bits per heavy atom. The van der Waals surface area contributed by atoms with Crippen molar-refractivity contribution in [2.24, 2.45) is 17.8 Å². The minimum Gasteiger partial charge on any atom is -0.368 e. The van der Waals surface area contributed by atoms with Crippen molar-refractivity contribution < 1.29 is 9.84 Å². The van der Waals surface area contributed by atoms with E-state index in [1.165, 1.54) is 25.7 Å². The largest absolute Gasteiger partial charge is 0.368 e. The van der Waals surface area contributed by atoms with Crippen LogP contribution >= 0.6 is 0 Å². The van der Waals surface area contributed by atoms with Crippen molar-refractivity contribution in [3.8, 4) is 0 Å². The average molecular weight is 198 g/mol. The van der Waals surface area contributed by atoms with Gasteiger partial charge in [-0.3, -0.25) is 0 Å². The number of ether oxygens (including phenoxy) is 1. The lowest BCUT2D eigenvalue weighted by Crippen LogP contribution is -2.40. The SMILES string of the molecule is CC(O)OC(C)(C)C1CC2CCC1C2. The molecule has 0 amide bonds. The van der Waals surface area contributed by atoms with Gasteiger partial charge in [0.15, 0.2) is 6.29 Å². The average Bonchev–Trinajstić information content (AvgIpc) is 2.60. The summed E-state index contributed by atoms with van der Waals surface area (Å²) in [6.45, 7) is 5.96. The second-order valence-electron chi connectivity index (χ2n) is 5.60. The molecule has 0 radical (unpaired) electrons. The van der Waals surface area contributed by atoms with Gasteiger partial charge in [-0.25, -0.2) is 0 Å². The van der Waals surface area contributed by atoms with Crippen LogP contribution in [0.15, 0.2) is 0 Å². The summed E-state index contributed by atoms with van der Waals surface area (Å²) in [6, 6.07) is 0. The molecule has 14 heavy (non-hydrogen) atoms. The van der Waals surface area contributed by atoms with Crippen molar-refractivity contribution in [3.63, 3.8) is 0 Å². The fourth-order valence-corrected chi connectivity index (χ4v) is 3.62. The highest BCUT2D eigenvalue weighted by Gasteiger charge is 2.47. The first kappa shape index (κ1) is 10.4. The number of fused-ring (bicyclic) bond motifs is 2. The van der Waals surface area contributed by atoms with Crippen LogP contribution in [0.1, 0.15) is 46.5 Å². The van der Waals surface area contributed by atoms with Crippen LogP contribution in [0.25, 0.3) is 0 Å². The third-order valence-corrected chi connectivity index (χ3v) is 4.11. The molecule has 0 aliphatic heterocycles. The van der Waals surface area contributed by atoms with Gasteiger partial charge >= 0.3 is 0 Å². The molecule has 2 rings (SSSR count). The van der Waals surface area contributed by atoms with E-state index in [9.17, 15) is 5.11 Å². The van der Waals surface area contributed by atoms with Gasteiger partial charge in [-0.2, -0.15) is 0 Å². The van der Waals surface area contributed by atoms with E-state index in [0.717, 1.165) is 11.8 Å². The van der Waals surface area contributed by atoms with E-state index in [2.05, 4.69) is 13.8 Å². The van der Waals surface area contributed by atoms with Gasteiger partial charge in [-0.05, 0) is 57.8 Å². The molecule has 0 aromatic rings. The molecule has 2 nitrogen and oxygen atoms in total. The van der Waals surface area contributed by atoms with Crippen molar-refractivity contribution in [2.45, 2.75) is 58.3 Å². The second kappa shape index (κ2) is 3.49. The normalized spacial score (nSPS) is 39.0. The van der Waals surface area contributed by atoms with Gasteiger partial charge in [-0.15, -0.1) is 0 Å². The highest BCUT2D eigenvalue weighted by molar-refractivity contribution is 4.97. The first-order valence-corrected chi connectivity index (χ1v) is 5.85. The molecule has 2 aliphatic rings. The van der Waals surface area contributed by atoms with Crippen LogP contribution in [0.4, 0.5) is 0 Å². The molecule has 0 aromatic heterocycles. The molecule has 0 spiro atoms. The molecular weight excluding hydrogens is 176 g/mol. The first-order chi connectivity index (χ1) is 6.49. The third kappa shape index (κ3) is 1.82. The summed E-state index contributed by atoms with van der Waals surface area (Å²) in [5, 5.41) is 9.30. The number of aliphatic hydroxyl groups excluding tert-OH is 1. The van der Waals surface area contributed by atoms with Crippen LogP contribution < -0.4 is 0 Å². The lowest BCUT2D eigenvalue weighted by molar-refractivity contribution is -0.188. The van der Waals surface area contributed by atoms with E-state index < -0.39 is 6.29 Å². The quantitative estimate of drug-likeness (QED) is 0.706. The molecule has 82 valence electrons. The van der Waals surface area contributed by atoms with Crippen molar-refractivity contribution in [2.75, 3.05) is 0 Å². The summed E-state index contributed by atoms with van der Waals surface area (Å²) < 4.78 is 5.63. The molecule has 2 aliphatic carbocycles. The summed E-state index contributed by atoms with van der Waals surface area (Å²) in [7, 11) is 0. The smallest absolute Gasteiger partial charge is 0.152 e. The molecule has 0 heterocycles. The van der Waals surface area contributed by atoms with Crippen LogP contribution in [-0.4, -0.2) is 17.0 Å². The predicted molar refractivity (Wildman–Crippen MR) is 55.8 cm³/mol. The van der Waals surface area contributed by atoms with E-state index >= 15 is 0 Å². The number of rotatable bonds is 3. The maximum Gasteiger partial charge on any atom is 0.152 e. The molecule has 1 N–H and O–H groups in total. The fraction of sp³-hybridized carbons (Fsp3) is 1.00. The molecule has 2 saturated carbocycles. The topological polar surface area (TPSA) is 29.5 Å². The van der Waals surface area contributed by atoms with Crippen molar-refractivity contribution in [3.05, 3.63) is 0 Å². The van der Waals surface area contributed by atoms with E-state index in [4.69, 9.17) is 4.74 Å². The maximum atomic E-state index is 9.30. The summed E-state index contributed by atoms with van der Waals surface area (Å²) in [5.41, 5.74) is -0.145. The van der Waals surface area contributed by atoms with Crippen LogP contribution in [0.3, 0.4) is 0 Å². The molecular formula is C12H22O2. The van der Waals surface area contributed by atoms with Crippen molar-refractivity contribution in [1.29, 1.82) is 0 Å². The Balaban J connectivity index is 2.00. The summed E-state index contributed by atoms with van der Waals surface area (Å²) >= 11 is 0. The Labute approximate surface area is 86.6 Å². The summed E-state index contributed by atoms with van der Waals surface area (Å²) in [4.78, 5) is 0. The van der Waals surface area contributed by atoms with E-state index in [1.807, 2.05) is 0 Å². The zero-order chi connectivity index (χ0) is 10.3. The number of hydrogen-bond acceptors (Lipinski definition) is 2. The Kier molecular flexibility index (Phi) is 2.61. The van der Waals surface area contributed by atoms with E-state index in [0.29, 0.717) is 5.92 Å². The van der Waals surface area contributed by atoms with Crippen molar-refractivity contribution >= 4 is 0 Å². The molecule has 2 heteroatoms. The van der Waals surface area contributed by atoms with E-state index in [1.54, 1.807) is 6.92 Å². The number of hydrogen-bond donors (Lipinski definition) is 1. The van der Waals surface area contributed by atoms with Crippen LogP contribution in [0.5, 0.6) is 0 Å². The Bertz CT molecular complexity index is 210. The summed E-state index contributed by atoms with van der Waals surface area (Å²) in [6.07, 6.45) is 4.87. The highest BCUT2D eigenvalue weighted by atomic mass is 16.6. The third-order valence-electron chi connectivity index (χ3n) is 4.11. The summed E-state index contributed by atoms with van der Waals surface area (Å²) in [5.74, 6) is 2.46. The van der Waals surface area contributed by atoms with Crippen LogP contribution in [0.2, 0.25) is 0 Å². The first-order valence-electron chi connectivity index (χ1n) is 5.85. The van der Waals surface area contributed by atoms with Gasteiger partial charge in [0, 0.05) is 0 Å². The lowest BCUT2D eigenvalue weighted by Gasteiger charge is -2.38. The maximum absolute atomic E-state index is 9.30. The minimum absolute atomic E-state index is 0.145. The van der Waals surface area contributed by atoms with Crippen molar-refractivity contribution in [1.82, 2.24) is 0 Å². The van der Waals surface area contributed by atoms with Gasteiger partial charge in [0.25, 0.3) is 0 Å². The Morgan fingerprint density at radius 1 is 1.29 bits per heavy atom. The number of aliphatic hydroxyl groups is 1. The zero-order valence-electron chi connectivity index (χ0n) is 9.49. The lowest BCUT2D eigenvalue weighted by atomic mass is 9.78. The van der Waals surface area contributed by atoms with E-state index in [-0.39, 0.29) is 5.60 Å². The minimum atomic E-state index is -0.635. The van der Waals surface area contributed by atoms with Gasteiger partial charge in [0.2, 0.25) is 0 Å². The second-order valence-corrected chi connectivity index (χ2v) is 5.60. The molecule has 0 saturated heterocycles. The Morgan fingerprint density at radius 3 is 2.43 bits per heavy atom. The monoisotopic (exact) mass is 198 g/mol. The highest BCUT2D eigenvalue weighted by Crippen LogP contribution is 2.52. The van der Waals surface area contributed by atoms with Crippen LogP contribution in [0, 0.1) is 17.8 Å². The fourth-order valence-electron chi connectivity index (χ4n) is 3.62. The van der Waals surface area contributed by atoms with Gasteiger partial charge in [-0.1, -0.05) is 6.42 Å². The Hall–Kier alpha value is -0.0800. The molecule has 2 bridgehead atoms. The van der Waals surface area contributed by atoms with Crippen LogP contribution in [-0.2, 0) is 4.74 Å². The van der Waals surface area contributed by atoms with Gasteiger partial charge < -0.3 is 9.84 Å². The van der Waals surface area contributed by atoms with Gasteiger partial charge in [0.05, 0.1) is 5.60 Å². The van der Waals surface area contributed by atoms with Gasteiger partial charge in [0.1, 0.15) is 0 Å². The standard InChI is InChI=1S/C12H22O2/c1-8(13)14-12(2,3)11-7-9-4-5-10(11)6-9/h8-11,13H,4-7H2,1-3H3. The predicted octanol–water partition coefficient (Wildman–Crippen LogP) is 2.56. The molecule has 4 atom stereocenters. The molecule has 0 aromatic carbocycles.